The molecule has 1 unspecified atom stereocenters. The maximum Gasteiger partial charge on any atom is 0.0718 e. The molecule has 2 nitrogen and oxygen atoms in total. The van der Waals surface area contributed by atoms with Crippen LogP contribution in [-0.2, 0) is 0 Å². The van der Waals surface area contributed by atoms with Gasteiger partial charge in [0.05, 0.1) is 6.10 Å². The van der Waals surface area contributed by atoms with Crippen LogP contribution in [0.4, 0.5) is 0 Å². The smallest absolute Gasteiger partial charge is 0.0718 e. The molecule has 0 bridgehead atoms. The number of likely N-dealkylation sites (tertiary alicyclic amines) is 1. The summed E-state index contributed by atoms with van der Waals surface area (Å²) >= 11 is 0. The molecule has 12 heavy (non-hydrogen) atoms. The van der Waals surface area contributed by atoms with Crippen molar-refractivity contribution in [1.82, 2.24) is 4.90 Å². The summed E-state index contributed by atoms with van der Waals surface area (Å²) in [5.74, 6) is 0. The maximum absolute atomic E-state index is 9.84. The van der Waals surface area contributed by atoms with E-state index in [0.29, 0.717) is 0 Å². The quantitative estimate of drug-likeness (QED) is 0.638. The van der Waals surface area contributed by atoms with E-state index in [9.17, 15) is 5.11 Å². The van der Waals surface area contributed by atoms with Crippen LogP contribution in [0.25, 0.3) is 0 Å². The van der Waals surface area contributed by atoms with Crippen LogP contribution in [-0.4, -0.2) is 35.2 Å². The zero-order valence-electron chi connectivity index (χ0n) is 8.08. The molecular formula is C10H19NO. The molecule has 2 heteroatoms. The van der Waals surface area contributed by atoms with Crippen LogP contribution >= 0.6 is 0 Å². The van der Waals surface area contributed by atoms with Gasteiger partial charge in [0.25, 0.3) is 0 Å². The molecule has 1 saturated heterocycles. The highest BCUT2D eigenvalue weighted by atomic mass is 16.3. The average molecular weight is 169 g/mol. The van der Waals surface area contributed by atoms with Crippen molar-refractivity contribution in [3.8, 4) is 0 Å². The topological polar surface area (TPSA) is 23.5 Å². The molecule has 2 fully saturated rings. The van der Waals surface area contributed by atoms with Crippen molar-refractivity contribution < 1.29 is 5.11 Å². The molecule has 1 heterocycles. The number of hydrogen-bond acceptors (Lipinski definition) is 2. The molecule has 1 saturated carbocycles. The number of rotatable bonds is 1. The van der Waals surface area contributed by atoms with Crippen LogP contribution in [0.5, 0.6) is 0 Å². The minimum Gasteiger partial charge on any atom is -0.391 e. The van der Waals surface area contributed by atoms with E-state index in [-0.39, 0.29) is 11.5 Å². The average Bonchev–Trinajstić information content (AvgIpc) is 2.77. The van der Waals surface area contributed by atoms with Crippen molar-refractivity contribution in [2.24, 2.45) is 5.41 Å². The molecule has 0 aromatic rings. The van der Waals surface area contributed by atoms with Gasteiger partial charge in [-0.15, -0.1) is 0 Å². The van der Waals surface area contributed by atoms with Gasteiger partial charge in [0.1, 0.15) is 0 Å². The van der Waals surface area contributed by atoms with Crippen LogP contribution in [0, 0.1) is 5.41 Å². The fourth-order valence-corrected chi connectivity index (χ4v) is 1.93. The number of piperidine rings is 1. The SMILES string of the molecule is CC1(C)CCN(C2CC2)CC1O. The van der Waals surface area contributed by atoms with Crippen LogP contribution in [0.2, 0.25) is 0 Å². The molecule has 0 spiro atoms. The fourth-order valence-electron chi connectivity index (χ4n) is 1.93. The van der Waals surface area contributed by atoms with E-state index in [0.717, 1.165) is 19.0 Å². The van der Waals surface area contributed by atoms with Crippen molar-refractivity contribution in [2.75, 3.05) is 13.1 Å². The molecular weight excluding hydrogens is 150 g/mol. The van der Waals surface area contributed by atoms with Gasteiger partial charge >= 0.3 is 0 Å². The summed E-state index contributed by atoms with van der Waals surface area (Å²) < 4.78 is 0. The number of aliphatic hydroxyl groups excluding tert-OH is 1. The van der Waals surface area contributed by atoms with E-state index in [1.165, 1.54) is 19.4 Å². The zero-order valence-corrected chi connectivity index (χ0v) is 8.08. The Bertz CT molecular complexity index is 175. The molecule has 0 amide bonds. The monoisotopic (exact) mass is 169 g/mol. The van der Waals surface area contributed by atoms with Gasteiger partial charge in [-0.05, 0) is 31.2 Å². The van der Waals surface area contributed by atoms with Crippen LogP contribution < -0.4 is 0 Å². The summed E-state index contributed by atoms with van der Waals surface area (Å²) in [6.07, 6.45) is 3.73. The minimum atomic E-state index is -0.119. The number of aliphatic hydroxyl groups is 1. The summed E-state index contributed by atoms with van der Waals surface area (Å²) in [5.41, 5.74) is 0.144. The molecule has 1 aliphatic carbocycles. The third-order valence-electron chi connectivity index (χ3n) is 3.42. The molecule has 2 rings (SSSR count). The van der Waals surface area contributed by atoms with E-state index in [1.54, 1.807) is 0 Å². The number of nitrogens with zero attached hydrogens (tertiary/aromatic N) is 1. The largest absolute Gasteiger partial charge is 0.391 e. The highest BCUT2D eigenvalue weighted by Gasteiger charge is 2.39. The zero-order chi connectivity index (χ0) is 8.77. The Morgan fingerprint density at radius 3 is 2.50 bits per heavy atom. The van der Waals surface area contributed by atoms with Crippen LogP contribution in [0.1, 0.15) is 33.1 Å². The minimum absolute atomic E-state index is 0.119. The molecule has 1 N–H and O–H groups in total. The predicted molar refractivity (Wildman–Crippen MR) is 49.0 cm³/mol. The summed E-state index contributed by atoms with van der Waals surface area (Å²) in [6.45, 7) is 6.43. The molecule has 0 aromatic carbocycles. The standard InChI is InChI=1S/C10H19NO/c1-10(2)5-6-11(7-9(10)12)8-3-4-8/h8-9,12H,3-7H2,1-2H3. The normalized spacial score (nSPS) is 36.8. The van der Waals surface area contributed by atoms with Crippen molar-refractivity contribution in [3.63, 3.8) is 0 Å². The lowest BCUT2D eigenvalue weighted by atomic mass is 9.80. The number of β-amino-alcohol motifs (C(OH)–C–C–N with tert-alkyl or cyclic N) is 1. The first-order chi connectivity index (χ1) is 5.59. The Labute approximate surface area is 74.6 Å². The molecule has 2 aliphatic rings. The lowest BCUT2D eigenvalue weighted by molar-refractivity contribution is -0.0279. The first-order valence-corrected chi connectivity index (χ1v) is 5.02. The van der Waals surface area contributed by atoms with E-state index in [1.807, 2.05) is 0 Å². The molecule has 70 valence electrons. The summed E-state index contributed by atoms with van der Waals surface area (Å²) in [7, 11) is 0. The van der Waals surface area contributed by atoms with Crippen molar-refractivity contribution in [3.05, 3.63) is 0 Å². The van der Waals surface area contributed by atoms with Gasteiger partial charge in [-0.2, -0.15) is 0 Å². The van der Waals surface area contributed by atoms with Gasteiger partial charge in [-0.1, -0.05) is 13.8 Å². The van der Waals surface area contributed by atoms with E-state index < -0.39 is 0 Å². The third-order valence-corrected chi connectivity index (χ3v) is 3.42. The third kappa shape index (κ3) is 1.50. The Morgan fingerprint density at radius 2 is 2.00 bits per heavy atom. The Balaban J connectivity index is 1.93. The van der Waals surface area contributed by atoms with Gasteiger partial charge < -0.3 is 5.11 Å². The molecule has 1 aliphatic heterocycles. The van der Waals surface area contributed by atoms with E-state index >= 15 is 0 Å². The van der Waals surface area contributed by atoms with Gasteiger partial charge in [0.15, 0.2) is 0 Å². The Morgan fingerprint density at radius 1 is 1.33 bits per heavy atom. The van der Waals surface area contributed by atoms with Gasteiger partial charge in [0, 0.05) is 12.6 Å². The van der Waals surface area contributed by atoms with Gasteiger partial charge in [0.2, 0.25) is 0 Å². The maximum atomic E-state index is 9.84. The lowest BCUT2D eigenvalue weighted by Gasteiger charge is -2.41. The fraction of sp³-hybridized carbons (Fsp3) is 1.00. The van der Waals surface area contributed by atoms with Crippen molar-refractivity contribution in [2.45, 2.75) is 45.3 Å². The molecule has 0 aromatic heterocycles. The lowest BCUT2D eigenvalue weighted by Crippen LogP contribution is -2.48. The first-order valence-electron chi connectivity index (χ1n) is 5.02. The second-order valence-corrected chi connectivity index (χ2v) is 4.98. The Hall–Kier alpha value is -0.0800. The number of hydrogen-bond donors (Lipinski definition) is 1. The summed E-state index contributed by atoms with van der Waals surface area (Å²) in [5, 5.41) is 9.84. The first kappa shape index (κ1) is 8.52. The highest BCUT2D eigenvalue weighted by Crippen LogP contribution is 2.35. The summed E-state index contributed by atoms with van der Waals surface area (Å²) in [4.78, 5) is 2.45. The van der Waals surface area contributed by atoms with Gasteiger partial charge in [-0.3, -0.25) is 4.90 Å². The molecule has 1 atom stereocenters. The Kier molecular flexibility index (Phi) is 1.92. The predicted octanol–water partition coefficient (Wildman–Crippen LogP) is 1.24. The second-order valence-electron chi connectivity index (χ2n) is 4.98. The second kappa shape index (κ2) is 2.71. The summed E-state index contributed by atoms with van der Waals surface area (Å²) in [6, 6.07) is 0.816. The van der Waals surface area contributed by atoms with E-state index in [2.05, 4.69) is 18.7 Å². The van der Waals surface area contributed by atoms with Crippen LogP contribution in [0.3, 0.4) is 0 Å². The van der Waals surface area contributed by atoms with Gasteiger partial charge in [-0.25, -0.2) is 0 Å². The van der Waals surface area contributed by atoms with E-state index in [4.69, 9.17) is 0 Å². The molecule has 0 radical (unpaired) electrons. The van der Waals surface area contributed by atoms with Crippen LogP contribution in [0.15, 0.2) is 0 Å². The van der Waals surface area contributed by atoms with Crippen molar-refractivity contribution >= 4 is 0 Å². The highest BCUT2D eigenvalue weighted by molar-refractivity contribution is 4.93. The van der Waals surface area contributed by atoms with Crippen molar-refractivity contribution in [1.29, 1.82) is 0 Å².